The Morgan fingerprint density at radius 1 is 1.24 bits per heavy atom. The summed E-state index contributed by atoms with van der Waals surface area (Å²) in [6.07, 6.45) is 3.53. The van der Waals surface area contributed by atoms with Gasteiger partial charge in [0.15, 0.2) is 0 Å². The third-order valence-corrected chi connectivity index (χ3v) is 3.23. The Balaban J connectivity index is 2.25. The second-order valence-electron chi connectivity index (χ2n) is 4.95. The molecule has 2 N–H and O–H groups in total. The van der Waals surface area contributed by atoms with Gasteiger partial charge in [0.05, 0.1) is 0 Å². The molecule has 0 radical (unpaired) electrons. The van der Waals surface area contributed by atoms with Gasteiger partial charge in [-0.15, -0.1) is 0 Å². The molecule has 5 nitrogen and oxygen atoms in total. The van der Waals surface area contributed by atoms with E-state index in [0.29, 0.717) is 11.3 Å². The Morgan fingerprint density at radius 3 is 2.48 bits per heavy atom. The van der Waals surface area contributed by atoms with Gasteiger partial charge in [0.1, 0.15) is 11.8 Å². The summed E-state index contributed by atoms with van der Waals surface area (Å²) in [6, 6.07) is 11.5. The molecule has 2 rings (SSSR count). The number of hydrogen-bond donors (Lipinski definition) is 1. The molecular weight excluding hydrogens is 264 g/mol. The Kier molecular flexibility index (Phi) is 4.33. The normalized spacial score (nSPS) is 10.8. The van der Waals surface area contributed by atoms with Crippen molar-refractivity contribution >= 4 is 17.8 Å². The van der Waals surface area contributed by atoms with Gasteiger partial charge in [-0.3, -0.25) is 4.79 Å². The SMILES string of the molecule is Cc1c(C(N)=O)ccc[n+]1N=Cc1ccc(N(C)C)cc1. The number of amides is 1. The summed E-state index contributed by atoms with van der Waals surface area (Å²) in [5.41, 5.74) is 8.63. The standard InChI is InChI=1S/C16H18N4O/c1-12-15(16(17)21)5-4-10-20(12)18-11-13-6-8-14(9-7-13)19(2)3/h4-11H,1-3H3,(H-,17,21)/p+1. The van der Waals surface area contributed by atoms with Gasteiger partial charge in [0.2, 0.25) is 11.9 Å². The summed E-state index contributed by atoms with van der Waals surface area (Å²) < 4.78 is 1.64. The lowest BCUT2D eigenvalue weighted by Crippen LogP contribution is -2.34. The molecule has 5 heteroatoms. The fraction of sp³-hybridized carbons (Fsp3) is 0.188. The maximum atomic E-state index is 11.3. The van der Waals surface area contributed by atoms with E-state index < -0.39 is 5.91 Å². The lowest BCUT2D eigenvalue weighted by atomic mass is 10.2. The summed E-state index contributed by atoms with van der Waals surface area (Å²) >= 11 is 0. The van der Waals surface area contributed by atoms with Gasteiger partial charge in [-0.1, -0.05) is 16.8 Å². The van der Waals surface area contributed by atoms with Crippen molar-refractivity contribution in [1.29, 1.82) is 0 Å². The average molecular weight is 283 g/mol. The van der Waals surface area contributed by atoms with Crippen molar-refractivity contribution in [3.63, 3.8) is 0 Å². The number of carbonyl (C=O) groups is 1. The third-order valence-electron chi connectivity index (χ3n) is 3.23. The molecule has 0 bridgehead atoms. The monoisotopic (exact) mass is 283 g/mol. The highest BCUT2D eigenvalue weighted by molar-refractivity contribution is 5.93. The molecule has 1 aromatic carbocycles. The summed E-state index contributed by atoms with van der Waals surface area (Å²) in [5, 5.41) is 4.36. The van der Waals surface area contributed by atoms with Crippen LogP contribution in [-0.4, -0.2) is 26.2 Å². The quantitative estimate of drug-likeness (QED) is 0.679. The molecule has 0 aliphatic heterocycles. The van der Waals surface area contributed by atoms with Crippen LogP contribution in [0.3, 0.4) is 0 Å². The number of primary amides is 1. The maximum Gasteiger partial charge on any atom is 0.255 e. The minimum Gasteiger partial charge on any atom is -0.378 e. The minimum absolute atomic E-state index is 0.451. The molecule has 0 aliphatic carbocycles. The van der Waals surface area contributed by atoms with Crippen molar-refractivity contribution < 1.29 is 9.47 Å². The van der Waals surface area contributed by atoms with Crippen LogP contribution in [0.15, 0.2) is 47.7 Å². The van der Waals surface area contributed by atoms with Crippen LogP contribution < -0.4 is 15.3 Å². The number of benzene rings is 1. The third kappa shape index (κ3) is 3.45. The summed E-state index contributed by atoms with van der Waals surface area (Å²) in [4.78, 5) is 13.3. The number of aromatic nitrogens is 1. The molecular formula is C16H19N4O+. The Bertz CT molecular complexity index is 675. The largest absolute Gasteiger partial charge is 0.378 e. The van der Waals surface area contributed by atoms with Crippen molar-refractivity contribution in [3.8, 4) is 0 Å². The van der Waals surface area contributed by atoms with Crippen LogP contribution in [0.2, 0.25) is 0 Å². The number of nitrogens with zero attached hydrogens (tertiary/aromatic N) is 3. The number of anilines is 1. The fourth-order valence-electron chi connectivity index (χ4n) is 1.95. The molecule has 1 heterocycles. The zero-order valence-corrected chi connectivity index (χ0v) is 12.4. The topological polar surface area (TPSA) is 62.6 Å². The van der Waals surface area contributed by atoms with Crippen molar-refractivity contribution in [1.82, 2.24) is 0 Å². The van der Waals surface area contributed by atoms with E-state index in [1.807, 2.05) is 50.2 Å². The van der Waals surface area contributed by atoms with E-state index in [1.165, 1.54) is 0 Å². The molecule has 0 saturated carbocycles. The molecule has 0 fully saturated rings. The number of rotatable bonds is 4. The molecule has 0 spiro atoms. The number of carbonyl (C=O) groups excluding carboxylic acids is 1. The van der Waals surface area contributed by atoms with E-state index in [4.69, 9.17) is 5.73 Å². The van der Waals surface area contributed by atoms with Crippen LogP contribution in [0.1, 0.15) is 21.6 Å². The van der Waals surface area contributed by atoms with E-state index in [-0.39, 0.29) is 0 Å². The Labute approximate surface area is 124 Å². The van der Waals surface area contributed by atoms with Crippen LogP contribution in [0.5, 0.6) is 0 Å². The van der Waals surface area contributed by atoms with Gasteiger partial charge >= 0.3 is 0 Å². The van der Waals surface area contributed by atoms with Crippen molar-refractivity contribution in [3.05, 3.63) is 59.4 Å². The summed E-state index contributed by atoms with van der Waals surface area (Å²) in [5.74, 6) is -0.451. The first-order valence-electron chi connectivity index (χ1n) is 6.62. The van der Waals surface area contributed by atoms with Gasteiger partial charge in [-0.05, 0) is 28.9 Å². The highest BCUT2D eigenvalue weighted by Crippen LogP contribution is 2.10. The Hall–Kier alpha value is -2.69. The van der Waals surface area contributed by atoms with E-state index in [1.54, 1.807) is 29.2 Å². The molecule has 0 saturated heterocycles. The molecule has 0 atom stereocenters. The first-order chi connectivity index (χ1) is 9.99. The number of hydrogen-bond acceptors (Lipinski definition) is 3. The highest BCUT2D eigenvalue weighted by Gasteiger charge is 2.14. The lowest BCUT2D eigenvalue weighted by molar-refractivity contribution is -0.684. The summed E-state index contributed by atoms with van der Waals surface area (Å²) in [6.45, 7) is 1.81. The molecule has 108 valence electrons. The smallest absolute Gasteiger partial charge is 0.255 e. The molecule has 1 aromatic heterocycles. The molecule has 1 amide bonds. The van der Waals surface area contributed by atoms with Crippen molar-refractivity contribution in [2.75, 3.05) is 19.0 Å². The van der Waals surface area contributed by atoms with Crippen molar-refractivity contribution in [2.24, 2.45) is 10.8 Å². The Morgan fingerprint density at radius 2 is 1.90 bits per heavy atom. The molecule has 21 heavy (non-hydrogen) atoms. The first kappa shape index (κ1) is 14.7. The first-order valence-corrected chi connectivity index (χ1v) is 6.62. The summed E-state index contributed by atoms with van der Waals surface area (Å²) in [7, 11) is 4.00. The van der Waals surface area contributed by atoms with E-state index in [2.05, 4.69) is 5.10 Å². The van der Waals surface area contributed by atoms with Crippen LogP contribution in [-0.2, 0) is 0 Å². The van der Waals surface area contributed by atoms with Crippen LogP contribution in [0, 0.1) is 6.92 Å². The van der Waals surface area contributed by atoms with E-state index in [9.17, 15) is 4.79 Å². The van der Waals surface area contributed by atoms with E-state index in [0.717, 1.165) is 11.3 Å². The van der Waals surface area contributed by atoms with Gasteiger partial charge in [-0.25, -0.2) is 0 Å². The number of nitrogens with two attached hydrogens (primary N) is 1. The zero-order chi connectivity index (χ0) is 15.4. The van der Waals surface area contributed by atoms with Crippen molar-refractivity contribution in [2.45, 2.75) is 6.92 Å². The van der Waals surface area contributed by atoms with Crippen LogP contribution in [0.25, 0.3) is 0 Å². The van der Waals surface area contributed by atoms with E-state index >= 15 is 0 Å². The molecule has 0 aliphatic rings. The second kappa shape index (κ2) is 6.17. The lowest BCUT2D eigenvalue weighted by Gasteiger charge is -2.11. The fourth-order valence-corrected chi connectivity index (χ4v) is 1.95. The predicted molar refractivity (Wildman–Crippen MR) is 83.7 cm³/mol. The second-order valence-corrected chi connectivity index (χ2v) is 4.95. The predicted octanol–water partition coefficient (Wildman–Crippen LogP) is 1.33. The molecule has 2 aromatic rings. The zero-order valence-electron chi connectivity index (χ0n) is 12.4. The van der Waals surface area contributed by atoms with Gasteiger partial charge in [0.25, 0.3) is 5.91 Å². The highest BCUT2D eigenvalue weighted by atomic mass is 16.1. The number of pyridine rings is 1. The molecule has 0 unspecified atom stereocenters. The van der Waals surface area contributed by atoms with Gasteiger partial charge in [-0.2, -0.15) is 0 Å². The van der Waals surface area contributed by atoms with Gasteiger partial charge in [0, 0.05) is 32.8 Å². The average Bonchev–Trinajstić information content (AvgIpc) is 2.46. The van der Waals surface area contributed by atoms with Crippen LogP contribution >= 0.6 is 0 Å². The minimum atomic E-state index is -0.451. The van der Waals surface area contributed by atoms with Crippen LogP contribution in [0.4, 0.5) is 5.69 Å². The van der Waals surface area contributed by atoms with Gasteiger partial charge < -0.3 is 10.6 Å². The maximum absolute atomic E-state index is 11.3.